The van der Waals surface area contributed by atoms with Crippen LogP contribution in [0.1, 0.15) is 25.0 Å². The number of hydrogen-bond acceptors (Lipinski definition) is 3. The van der Waals surface area contributed by atoms with Gasteiger partial charge in [0.05, 0.1) is 12.2 Å². The first-order valence-electron chi connectivity index (χ1n) is 6.19. The smallest absolute Gasteiger partial charge is 0.223 e. The van der Waals surface area contributed by atoms with Gasteiger partial charge in [-0.2, -0.15) is 0 Å². The van der Waals surface area contributed by atoms with Gasteiger partial charge < -0.3 is 11.1 Å². The van der Waals surface area contributed by atoms with Crippen LogP contribution in [0, 0.1) is 11.8 Å². The highest BCUT2D eigenvalue weighted by molar-refractivity contribution is 5.85. The number of amides is 1. The summed E-state index contributed by atoms with van der Waals surface area (Å²) in [5, 5.41) is 2.95. The summed E-state index contributed by atoms with van der Waals surface area (Å²) in [7, 11) is 0. The second-order valence-corrected chi connectivity index (χ2v) is 4.57. The van der Waals surface area contributed by atoms with Gasteiger partial charge in [-0.15, -0.1) is 24.8 Å². The van der Waals surface area contributed by atoms with E-state index in [1.54, 1.807) is 6.20 Å². The lowest BCUT2D eigenvalue weighted by atomic mass is 9.95. The van der Waals surface area contributed by atoms with E-state index in [9.17, 15) is 4.79 Å². The van der Waals surface area contributed by atoms with Gasteiger partial charge in [0.15, 0.2) is 0 Å². The first-order valence-corrected chi connectivity index (χ1v) is 6.19. The Morgan fingerprint density at radius 3 is 2.79 bits per heavy atom. The second-order valence-electron chi connectivity index (χ2n) is 4.57. The van der Waals surface area contributed by atoms with Crippen molar-refractivity contribution in [3.63, 3.8) is 0 Å². The third kappa shape index (κ3) is 4.97. The summed E-state index contributed by atoms with van der Waals surface area (Å²) in [6, 6.07) is 5.70. The topological polar surface area (TPSA) is 68.0 Å². The molecule has 1 aliphatic rings. The van der Waals surface area contributed by atoms with Crippen molar-refractivity contribution in [3.05, 3.63) is 30.1 Å². The van der Waals surface area contributed by atoms with Gasteiger partial charge in [-0.05, 0) is 37.4 Å². The van der Waals surface area contributed by atoms with Crippen LogP contribution in [0.15, 0.2) is 24.4 Å². The number of aromatic nitrogens is 1. The molecule has 2 rings (SSSR count). The molecule has 0 saturated heterocycles. The van der Waals surface area contributed by atoms with Crippen molar-refractivity contribution in [2.45, 2.75) is 25.8 Å². The van der Waals surface area contributed by atoms with Crippen LogP contribution < -0.4 is 11.1 Å². The Morgan fingerprint density at radius 1 is 1.37 bits per heavy atom. The molecule has 6 heteroatoms. The Kier molecular flexibility index (Phi) is 8.72. The summed E-state index contributed by atoms with van der Waals surface area (Å²) in [5.41, 5.74) is 6.57. The molecule has 1 saturated carbocycles. The summed E-state index contributed by atoms with van der Waals surface area (Å²) in [6.45, 7) is 1.12. The molecule has 19 heavy (non-hydrogen) atoms. The summed E-state index contributed by atoms with van der Waals surface area (Å²) in [5.74, 6) is 0.589. The minimum atomic E-state index is 0. The normalized spacial score (nSPS) is 21.1. The molecule has 108 valence electrons. The lowest BCUT2D eigenvalue weighted by molar-refractivity contribution is -0.126. The lowest BCUT2D eigenvalue weighted by Gasteiger charge is -2.17. The molecule has 4 nitrogen and oxygen atoms in total. The quantitative estimate of drug-likeness (QED) is 0.893. The largest absolute Gasteiger partial charge is 0.350 e. The highest BCUT2D eigenvalue weighted by Crippen LogP contribution is 2.30. The molecule has 0 spiro atoms. The zero-order chi connectivity index (χ0) is 12.1. The number of nitrogens with one attached hydrogen (secondary N) is 1. The third-order valence-corrected chi connectivity index (χ3v) is 3.47. The number of carbonyl (C=O) groups excluding carboxylic acids is 1. The van der Waals surface area contributed by atoms with E-state index >= 15 is 0 Å². The van der Waals surface area contributed by atoms with Crippen LogP contribution in [0.25, 0.3) is 0 Å². The predicted molar refractivity (Wildman–Crippen MR) is 80.5 cm³/mol. The van der Waals surface area contributed by atoms with Crippen molar-refractivity contribution in [1.82, 2.24) is 10.3 Å². The standard InChI is InChI=1S/C13H19N3O.2ClH/c14-8-10-4-3-6-12(10)13(17)16-9-11-5-1-2-7-15-11;;/h1-2,5,7,10,12H,3-4,6,8-9,14H2,(H,16,17);2*1H/t10-,12-;;/m1../s1. The number of carbonyl (C=O) groups is 1. The number of rotatable bonds is 4. The van der Waals surface area contributed by atoms with Gasteiger partial charge in [0.1, 0.15) is 0 Å². The molecule has 2 atom stereocenters. The average molecular weight is 306 g/mol. The molecule has 1 aliphatic carbocycles. The fourth-order valence-corrected chi connectivity index (χ4v) is 2.48. The molecular formula is C13H21Cl2N3O. The van der Waals surface area contributed by atoms with Gasteiger partial charge in [0.2, 0.25) is 5.91 Å². The van der Waals surface area contributed by atoms with Gasteiger partial charge >= 0.3 is 0 Å². The van der Waals surface area contributed by atoms with Gasteiger partial charge in [-0.25, -0.2) is 0 Å². The number of pyridine rings is 1. The SMILES string of the molecule is Cl.Cl.NC[C@H]1CCC[C@H]1C(=O)NCc1ccccn1. The van der Waals surface area contributed by atoms with E-state index in [0.29, 0.717) is 19.0 Å². The second kappa shape index (κ2) is 9.13. The lowest BCUT2D eigenvalue weighted by Crippen LogP contribution is -2.34. The van der Waals surface area contributed by atoms with E-state index in [2.05, 4.69) is 10.3 Å². The Morgan fingerprint density at radius 2 is 2.16 bits per heavy atom. The maximum Gasteiger partial charge on any atom is 0.223 e. The highest BCUT2D eigenvalue weighted by atomic mass is 35.5. The maximum atomic E-state index is 12.0. The van der Waals surface area contributed by atoms with Crippen LogP contribution in [-0.2, 0) is 11.3 Å². The molecule has 1 aromatic heterocycles. The third-order valence-electron chi connectivity index (χ3n) is 3.47. The van der Waals surface area contributed by atoms with Crippen molar-refractivity contribution in [3.8, 4) is 0 Å². The molecule has 1 aromatic rings. The van der Waals surface area contributed by atoms with Gasteiger partial charge in [-0.1, -0.05) is 12.5 Å². The number of hydrogen-bond donors (Lipinski definition) is 2. The van der Waals surface area contributed by atoms with Gasteiger partial charge in [0.25, 0.3) is 0 Å². The molecule has 3 N–H and O–H groups in total. The van der Waals surface area contributed by atoms with Gasteiger partial charge in [-0.3, -0.25) is 9.78 Å². The zero-order valence-corrected chi connectivity index (χ0v) is 12.4. The minimum Gasteiger partial charge on any atom is -0.350 e. The number of halogens is 2. The summed E-state index contributed by atoms with van der Waals surface area (Å²) < 4.78 is 0. The van der Waals surface area contributed by atoms with Gasteiger partial charge in [0, 0.05) is 12.1 Å². The van der Waals surface area contributed by atoms with Crippen molar-refractivity contribution >= 4 is 30.7 Å². The molecule has 0 aromatic carbocycles. The molecule has 0 aliphatic heterocycles. The van der Waals surface area contributed by atoms with Crippen molar-refractivity contribution in [2.24, 2.45) is 17.6 Å². The van der Waals surface area contributed by atoms with E-state index in [1.807, 2.05) is 18.2 Å². The first-order chi connectivity index (χ1) is 8.31. The van der Waals surface area contributed by atoms with Crippen molar-refractivity contribution < 1.29 is 4.79 Å². The molecular weight excluding hydrogens is 285 g/mol. The van der Waals surface area contributed by atoms with Crippen LogP contribution in [0.2, 0.25) is 0 Å². The molecule has 0 bridgehead atoms. The minimum absolute atomic E-state index is 0. The fraction of sp³-hybridized carbons (Fsp3) is 0.538. The summed E-state index contributed by atoms with van der Waals surface area (Å²) >= 11 is 0. The van der Waals surface area contributed by atoms with E-state index in [-0.39, 0.29) is 36.6 Å². The molecule has 1 heterocycles. The zero-order valence-electron chi connectivity index (χ0n) is 10.7. The Balaban J connectivity index is 0.00000162. The predicted octanol–water partition coefficient (Wildman–Crippen LogP) is 1.92. The number of nitrogens with two attached hydrogens (primary N) is 1. The van der Waals surface area contributed by atoms with E-state index in [0.717, 1.165) is 25.0 Å². The average Bonchev–Trinajstić information content (AvgIpc) is 2.85. The van der Waals surface area contributed by atoms with Crippen LogP contribution in [0.5, 0.6) is 0 Å². The number of nitrogens with zero attached hydrogens (tertiary/aromatic N) is 1. The fourth-order valence-electron chi connectivity index (χ4n) is 2.48. The Labute approximate surface area is 126 Å². The van der Waals surface area contributed by atoms with Crippen LogP contribution in [0.4, 0.5) is 0 Å². The monoisotopic (exact) mass is 305 g/mol. The molecule has 0 radical (unpaired) electrons. The van der Waals surface area contributed by atoms with E-state index in [4.69, 9.17) is 5.73 Å². The molecule has 0 unspecified atom stereocenters. The van der Waals surface area contributed by atoms with Crippen LogP contribution in [0.3, 0.4) is 0 Å². The van der Waals surface area contributed by atoms with Crippen LogP contribution in [-0.4, -0.2) is 17.4 Å². The molecule has 1 amide bonds. The summed E-state index contributed by atoms with van der Waals surface area (Å²) in [4.78, 5) is 16.2. The van der Waals surface area contributed by atoms with E-state index in [1.165, 1.54) is 0 Å². The van der Waals surface area contributed by atoms with Crippen molar-refractivity contribution in [1.29, 1.82) is 0 Å². The van der Waals surface area contributed by atoms with Crippen LogP contribution >= 0.6 is 24.8 Å². The maximum absolute atomic E-state index is 12.0. The van der Waals surface area contributed by atoms with E-state index < -0.39 is 0 Å². The Bertz CT molecular complexity index is 375. The Hall–Kier alpha value is -0.840. The summed E-state index contributed by atoms with van der Waals surface area (Å²) in [6.07, 6.45) is 4.90. The molecule has 1 fully saturated rings. The first kappa shape index (κ1) is 18.2. The van der Waals surface area contributed by atoms with Crippen molar-refractivity contribution in [2.75, 3.05) is 6.54 Å². The highest BCUT2D eigenvalue weighted by Gasteiger charge is 2.31.